The van der Waals surface area contributed by atoms with Gasteiger partial charge in [-0.25, -0.2) is 0 Å². The molecule has 0 fully saturated rings. The van der Waals surface area contributed by atoms with Crippen LogP contribution in [0.4, 0.5) is 5.00 Å². The van der Waals surface area contributed by atoms with Crippen molar-refractivity contribution in [3.05, 3.63) is 46.3 Å². The van der Waals surface area contributed by atoms with Crippen LogP contribution in [-0.4, -0.2) is 19.7 Å². The zero-order valence-corrected chi connectivity index (χ0v) is 12.3. The van der Waals surface area contributed by atoms with Gasteiger partial charge in [0.15, 0.2) is 0 Å². The number of methoxy groups -OCH3 is 1. The van der Waals surface area contributed by atoms with Gasteiger partial charge in [0.1, 0.15) is 10.8 Å². The summed E-state index contributed by atoms with van der Waals surface area (Å²) < 4.78 is 5.25. The standard InChI is InChI=1S/C15H16N2O2S/c1-10-6-13-14(18)16-9-17(15(13)20-10)8-11-4-3-5-12(7-11)19-2/h3-7H,8-9H2,1-2H3,(H,16,18). The Morgan fingerprint density at radius 3 is 3.05 bits per heavy atom. The number of rotatable bonds is 3. The van der Waals surface area contributed by atoms with Gasteiger partial charge in [-0.1, -0.05) is 12.1 Å². The number of fused-ring (bicyclic) bond motifs is 1. The molecule has 0 atom stereocenters. The number of hydrogen-bond acceptors (Lipinski definition) is 4. The van der Waals surface area contributed by atoms with Crippen LogP contribution in [0.15, 0.2) is 30.3 Å². The van der Waals surface area contributed by atoms with Crippen molar-refractivity contribution < 1.29 is 9.53 Å². The van der Waals surface area contributed by atoms with E-state index in [9.17, 15) is 4.79 Å². The molecule has 1 aliphatic heterocycles. The number of aryl methyl sites for hydroxylation is 1. The molecule has 1 aromatic heterocycles. The predicted molar refractivity (Wildman–Crippen MR) is 80.6 cm³/mol. The monoisotopic (exact) mass is 288 g/mol. The van der Waals surface area contributed by atoms with Crippen LogP contribution in [0.1, 0.15) is 20.8 Å². The van der Waals surface area contributed by atoms with Crippen LogP contribution >= 0.6 is 11.3 Å². The fourth-order valence-corrected chi connectivity index (χ4v) is 3.35. The molecule has 1 aliphatic rings. The van der Waals surface area contributed by atoms with E-state index >= 15 is 0 Å². The number of hydrogen-bond donors (Lipinski definition) is 1. The molecule has 3 rings (SSSR count). The van der Waals surface area contributed by atoms with Gasteiger partial charge < -0.3 is 15.0 Å². The van der Waals surface area contributed by atoms with Crippen molar-refractivity contribution in [3.8, 4) is 5.75 Å². The molecule has 0 aliphatic carbocycles. The number of ether oxygens (including phenoxy) is 1. The Bertz CT molecular complexity index is 651. The van der Waals surface area contributed by atoms with Crippen molar-refractivity contribution >= 4 is 22.2 Å². The molecular formula is C15H16N2O2S. The van der Waals surface area contributed by atoms with Gasteiger partial charge in [-0.2, -0.15) is 0 Å². The molecule has 4 nitrogen and oxygen atoms in total. The Morgan fingerprint density at radius 1 is 1.40 bits per heavy atom. The second kappa shape index (κ2) is 5.17. The molecule has 0 unspecified atom stereocenters. The smallest absolute Gasteiger partial charge is 0.255 e. The van der Waals surface area contributed by atoms with E-state index < -0.39 is 0 Å². The van der Waals surface area contributed by atoms with Crippen LogP contribution < -0.4 is 15.0 Å². The number of amides is 1. The number of benzene rings is 1. The van der Waals surface area contributed by atoms with E-state index in [1.807, 2.05) is 31.2 Å². The summed E-state index contributed by atoms with van der Waals surface area (Å²) in [6, 6.07) is 9.96. The first-order chi connectivity index (χ1) is 9.67. The van der Waals surface area contributed by atoms with Crippen LogP contribution in [0.25, 0.3) is 0 Å². The van der Waals surface area contributed by atoms with E-state index in [1.54, 1.807) is 18.4 Å². The second-order valence-electron chi connectivity index (χ2n) is 4.79. The summed E-state index contributed by atoms with van der Waals surface area (Å²) in [5.74, 6) is 0.873. The maximum absolute atomic E-state index is 11.8. The van der Waals surface area contributed by atoms with Crippen LogP contribution in [-0.2, 0) is 6.54 Å². The van der Waals surface area contributed by atoms with Crippen molar-refractivity contribution in [1.82, 2.24) is 5.32 Å². The maximum Gasteiger partial charge on any atom is 0.255 e. The molecule has 0 spiro atoms. The first-order valence-electron chi connectivity index (χ1n) is 6.44. The number of nitrogens with zero attached hydrogens (tertiary/aromatic N) is 1. The van der Waals surface area contributed by atoms with Crippen LogP contribution in [0.3, 0.4) is 0 Å². The molecule has 2 aromatic rings. The summed E-state index contributed by atoms with van der Waals surface area (Å²) in [5.41, 5.74) is 1.94. The highest BCUT2D eigenvalue weighted by Gasteiger charge is 2.25. The normalized spacial score (nSPS) is 13.9. The lowest BCUT2D eigenvalue weighted by Crippen LogP contribution is -2.42. The van der Waals surface area contributed by atoms with Crippen molar-refractivity contribution in [2.24, 2.45) is 0 Å². The van der Waals surface area contributed by atoms with Gasteiger partial charge in [-0.3, -0.25) is 4.79 Å². The van der Waals surface area contributed by atoms with Crippen molar-refractivity contribution in [3.63, 3.8) is 0 Å². The third-order valence-corrected chi connectivity index (χ3v) is 4.42. The summed E-state index contributed by atoms with van der Waals surface area (Å²) in [6.45, 7) is 3.33. The first-order valence-corrected chi connectivity index (χ1v) is 7.25. The minimum absolute atomic E-state index is 0.0197. The van der Waals surface area contributed by atoms with Gasteiger partial charge >= 0.3 is 0 Å². The molecule has 20 heavy (non-hydrogen) atoms. The number of carbonyl (C=O) groups excluding carboxylic acids is 1. The first kappa shape index (κ1) is 13.0. The highest BCUT2D eigenvalue weighted by atomic mass is 32.1. The average Bonchev–Trinajstić information content (AvgIpc) is 2.85. The van der Waals surface area contributed by atoms with E-state index in [2.05, 4.69) is 16.3 Å². The molecule has 0 bridgehead atoms. The third kappa shape index (κ3) is 2.36. The summed E-state index contributed by atoms with van der Waals surface area (Å²) >= 11 is 1.67. The molecule has 1 N–H and O–H groups in total. The summed E-state index contributed by atoms with van der Waals surface area (Å²) in [5, 5.41) is 3.96. The summed E-state index contributed by atoms with van der Waals surface area (Å²) in [6.07, 6.45) is 0. The lowest BCUT2D eigenvalue weighted by atomic mass is 10.2. The van der Waals surface area contributed by atoms with Crippen molar-refractivity contribution in [2.45, 2.75) is 13.5 Å². The molecular weight excluding hydrogens is 272 g/mol. The zero-order valence-electron chi connectivity index (χ0n) is 11.5. The number of carbonyl (C=O) groups is 1. The largest absolute Gasteiger partial charge is 0.497 e. The van der Waals surface area contributed by atoms with Crippen molar-refractivity contribution in [1.29, 1.82) is 0 Å². The van der Waals surface area contributed by atoms with Gasteiger partial charge in [0.05, 0.1) is 19.3 Å². The highest BCUT2D eigenvalue weighted by Crippen LogP contribution is 2.34. The van der Waals surface area contributed by atoms with E-state index in [0.29, 0.717) is 6.67 Å². The number of anilines is 1. The summed E-state index contributed by atoms with van der Waals surface area (Å²) in [7, 11) is 1.67. The van der Waals surface area contributed by atoms with Crippen LogP contribution in [0.5, 0.6) is 5.75 Å². The maximum atomic E-state index is 11.8. The molecule has 104 valence electrons. The van der Waals surface area contributed by atoms with Crippen LogP contribution in [0.2, 0.25) is 0 Å². The van der Waals surface area contributed by atoms with Crippen LogP contribution in [0, 0.1) is 6.92 Å². The number of nitrogens with one attached hydrogen (secondary N) is 1. The lowest BCUT2D eigenvalue weighted by molar-refractivity contribution is 0.0948. The lowest BCUT2D eigenvalue weighted by Gasteiger charge is -2.28. The van der Waals surface area contributed by atoms with Gasteiger partial charge in [-0.15, -0.1) is 11.3 Å². The highest BCUT2D eigenvalue weighted by molar-refractivity contribution is 7.16. The minimum Gasteiger partial charge on any atom is -0.497 e. The van der Waals surface area contributed by atoms with E-state index in [1.165, 1.54) is 0 Å². The summed E-state index contributed by atoms with van der Waals surface area (Å²) in [4.78, 5) is 15.2. The molecule has 0 saturated carbocycles. The fraction of sp³-hybridized carbons (Fsp3) is 0.267. The van der Waals surface area contributed by atoms with E-state index in [0.717, 1.165) is 33.3 Å². The van der Waals surface area contributed by atoms with E-state index in [-0.39, 0.29) is 5.91 Å². The topological polar surface area (TPSA) is 41.6 Å². The molecule has 0 radical (unpaired) electrons. The minimum atomic E-state index is 0.0197. The molecule has 2 heterocycles. The Balaban J connectivity index is 1.88. The quantitative estimate of drug-likeness (QED) is 0.944. The van der Waals surface area contributed by atoms with Gasteiger partial charge in [0.2, 0.25) is 0 Å². The SMILES string of the molecule is COc1cccc(CN2CNC(=O)c3cc(C)sc32)c1. The van der Waals surface area contributed by atoms with Gasteiger partial charge in [0, 0.05) is 11.4 Å². The average molecular weight is 288 g/mol. The molecule has 5 heteroatoms. The second-order valence-corrected chi connectivity index (χ2v) is 6.02. The fourth-order valence-electron chi connectivity index (χ4n) is 2.35. The Kier molecular flexibility index (Phi) is 3.36. The molecule has 1 aromatic carbocycles. The number of thiophene rings is 1. The van der Waals surface area contributed by atoms with Crippen molar-refractivity contribution in [2.75, 3.05) is 18.7 Å². The Morgan fingerprint density at radius 2 is 2.25 bits per heavy atom. The Hall–Kier alpha value is -2.01. The predicted octanol–water partition coefficient (Wildman–Crippen LogP) is 2.77. The van der Waals surface area contributed by atoms with Gasteiger partial charge in [0.25, 0.3) is 5.91 Å². The third-order valence-electron chi connectivity index (χ3n) is 3.31. The van der Waals surface area contributed by atoms with Gasteiger partial charge in [-0.05, 0) is 30.7 Å². The molecule has 1 amide bonds. The Labute approximate surface area is 122 Å². The van der Waals surface area contributed by atoms with E-state index in [4.69, 9.17) is 4.74 Å². The zero-order chi connectivity index (χ0) is 14.1. The molecule has 0 saturated heterocycles.